The van der Waals surface area contributed by atoms with Crippen molar-refractivity contribution < 1.29 is 27.4 Å². The van der Waals surface area contributed by atoms with Gasteiger partial charge in [-0.3, -0.25) is 10.1 Å². The molecule has 1 atom stereocenters. The van der Waals surface area contributed by atoms with Crippen molar-refractivity contribution in [2.45, 2.75) is 24.8 Å². The molecule has 0 saturated heterocycles. The molecule has 10 heteroatoms. The highest BCUT2D eigenvalue weighted by Crippen LogP contribution is 2.29. The number of thiazole rings is 1. The number of carbonyl (C=O) groups is 1. The fourth-order valence-corrected chi connectivity index (χ4v) is 4.09. The number of ether oxygens (including phenoxy) is 3. The number of amides is 1. The Labute approximate surface area is 191 Å². The van der Waals surface area contributed by atoms with Crippen molar-refractivity contribution in [1.82, 2.24) is 4.98 Å². The van der Waals surface area contributed by atoms with E-state index in [4.69, 9.17) is 14.2 Å². The molecule has 32 heavy (non-hydrogen) atoms. The first kappa shape index (κ1) is 23.7. The molecule has 1 aromatic heterocycles. The lowest BCUT2D eigenvalue weighted by atomic mass is 10.2. The Morgan fingerprint density at radius 1 is 1.12 bits per heavy atom. The summed E-state index contributed by atoms with van der Waals surface area (Å²) in [5.41, 5.74) is 0.322. The molecule has 0 bridgehead atoms. The third kappa shape index (κ3) is 6.52. The molecule has 0 radical (unpaired) electrons. The molecule has 0 fully saturated rings. The van der Waals surface area contributed by atoms with Gasteiger partial charge in [-0.15, -0.1) is 11.3 Å². The van der Waals surface area contributed by atoms with Crippen molar-refractivity contribution in [3.63, 3.8) is 0 Å². The molecule has 3 aromatic rings. The quantitative estimate of drug-likeness (QED) is 0.491. The van der Waals surface area contributed by atoms with E-state index in [2.05, 4.69) is 10.3 Å². The molecule has 0 saturated carbocycles. The van der Waals surface area contributed by atoms with Crippen LogP contribution in [0.5, 0.6) is 17.2 Å². The normalized spacial score (nSPS) is 12.2. The number of hydrogen-bond acceptors (Lipinski definition) is 8. The molecular weight excluding hydrogens is 452 g/mol. The number of nitrogens with one attached hydrogen (secondary N) is 1. The highest BCUT2D eigenvalue weighted by Gasteiger charge is 2.15. The Hall–Kier alpha value is -2.95. The molecule has 1 N–H and O–H groups in total. The summed E-state index contributed by atoms with van der Waals surface area (Å²) in [6, 6.07) is 10.9. The number of rotatable bonds is 9. The molecule has 0 aliphatic carbocycles. The average molecular weight is 477 g/mol. The number of methoxy groups -OCH3 is 1. The summed E-state index contributed by atoms with van der Waals surface area (Å²) in [5.74, 6) is 0.850. The van der Waals surface area contributed by atoms with Gasteiger partial charge in [-0.2, -0.15) is 0 Å². The second-order valence-corrected chi connectivity index (χ2v) is 10.4. The summed E-state index contributed by atoms with van der Waals surface area (Å²) in [5, 5.41) is 3.26. The summed E-state index contributed by atoms with van der Waals surface area (Å²) in [4.78, 5) is 18.1. The minimum atomic E-state index is -3.31. The van der Waals surface area contributed by atoms with E-state index in [1.54, 1.807) is 43.6 Å². The van der Waals surface area contributed by atoms with Gasteiger partial charge in [-0.05, 0) is 50.2 Å². The van der Waals surface area contributed by atoms with Crippen LogP contribution in [0.15, 0.2) is 53.6 Å². The molecule has 1 heterocycles. The van der Waals surface area contributed by atoms with Crippen molar-refractivity contribution in [3.8, 4) is 17.2 Å². The molecular formula is C22H24N2O6S2. The predicted molar refractivity (Wildman–Crippen MR) is 123 cm³/mol. The van der Waals surface area contributed by atoms with Crippen molar-refractivity contribution >= 4 is 32.2 Å². The van der Waals surface area contributed by atoms with E-state index < -0.39 is 9.84 Å². The zero-order valence-electron chi connectivity index (χ0n) is 18.1. The van der Waals surface area contributed by atoms with Crippen molar-refractivity contribution in [1.29, 1.82) is 0 Å². The number of sulfone groups is 1. The van der Waals surface area contributed by atoms with Crippen LogP contribution in [-0.2, 0) is 14.6 Å². The standard InChI is InChI=1S/C22H24N2O6S2/c1-14(13-28-3)29-18-9-16(21(25)24-22-23-12-15(2)31-22)10-19(11-18)30-17-5-7-20(8-6-17)32(4,26)27/h5-12,14H,13H2,1-4H3,(H,23,24,25). The van der Waals surface area contributed by atoms with Crippen LogP contribution in [0.25, 0.3) is 0 Å². The van der Waals surface area contributed by atoms with Crippen molar-refractivity contribution in [2.75, 3.05) is 25.3 Å². The van der Waals surface area contributed by atoms with Crippen LogP contribution in [0.3, 0.4) is 0 Å². The first-order valence-electron chi connectivity index (χ1n) is 9.66. The highest BCUT2D eigenvalue weighted by molar-refractivity contribution is 7.90. The zero-order chi connectivity index (χ0) is 23.3. The molecule has 2 aromatic carbocycles. The molecule has 3 rings (SSSR count). The van der Waals surface area contributed by atoms with Crippen LogP contribution in [0.4, 0.5) is 5.13 Å². The number of aromatic nitrogens is 1. The summed E-state index contributed by atoms with van der Waals surface area (Å²) in [6.45, 7) is 4.12. The first-order chi connectivity index (χ1) is 15.1. The van der Waals surface area contributed by atoms with Crippen LogP contribution in [0, 0.1) is 6.92 Å². The van der Waals surface area contributed by atoms with Gasteiger partial charge in [0, 0.05) is 36.1 Å². The van der Waals surface area contributed by atoms with Crippen LogP contribution in [0.2, 0.25) is 0 Å². The molecule has 1 unspecified atom stereocenters. The molecule has 0 aliphatic rings. The summed E-state index contributed by atoms with van der Waals surface area (Å²) in [7, 11) is -1.73. The van der Waals surface area contributed by atoms with Gasteiger partial charge in [-0.25, -0.2) is 13.4 Å². The van der Waals surface area contributed by atoms with Gasteiger partial charge >= 0.3 is 0 Å². The maximum absolute atomic E-state index is 12.8. The third-order valence-electron chi connectivity index (χ3n) is 4.21. The minimum Gasteiger partial charge on any atom is -0.488 e. The van der Waals surface area contributed by atoms with E-state index in [0.717, 1.165) is 11.1 Å². The lowest BCUT2D eigenvalue weighted by Crippen LogP contribution is -2.18. The lowest BCUT2D eigenvalue weighted by molar-refractivity contribution is 0.0916. The summed E-state index contributed by atoms with van der Waals surface area (Å²) < 4.78 is 40.2. The lowest BCUT2D eigenvalue weighted by Gasteiger charge is -2.16. The van der Waals surface area contributed by atoms with Crippen LogP contribution in [0.1, 0.15) is 22.2 Å². The van der Waals surface area contributed by atoms with Crippen molar-refractivity contribution in [3.05, 3.63) is 59.1 Å². The zero-order valence-corrected chi connectivity index (χ0v) is 19.7. The SMILES string of the molecule is COCC(C)Oc1cc(Oc2ccc(S(C)(=O)=O)cc2)cc(C(=O)Nc2ncc(C)s2)c1. The summed E-state index contributed by atoms with van der Waals surface area (Å²) in [6.07, 6.45) is 2.57. The molecule has 170 valence electrons. The Morgan fingerprint density at radius 3 is 2.41 bits per heavy atom. The van der Waals surface area contributed by atoms with Crippen LogP contribution < -0.4 is 14.8 Å². The van der Waals surface area contributed by atoms with Gasteiger partial charge < -0.3 is 14.2 Å². The van der Waals surface area contributed by atoms with Crippen LogP contribution >= 0.6 is 11.3 Å². The topological polar surface area (TPSA) is 104 Å². The Balaban J connectivity index is 1.87. The molecule has 0 spiro atoms. The Bertz CT molecular complexity index is 1190. The second-order valence-electron chi connectivity index (χ2n) is 7.15. The minimum absolute atomic E-state index is 0.189. The highest BCUT2D eigenvalue weighted by atomic mass is 32.2. The van der Waals surface area contributed by atoms with E-state index in [1.165, 1.54) is 23.5 Å². The number of carbonyl (C=O) groups excluding carboxylic acids is 1. The van der Waals surface area contributed by atoms with Gasteiger partial charge in [0.05, 0.1) is 11.5 Å². The number of aryl methyl sites for hydroxylation is 1. The van der Waals surface area contributed by atoms with E-state index in [-0.39, 0.29) is 16.9 Å². The van der Waals surface area contributed by atoms with E-state index in [0.29, 0.717) is 34.6 Å². The number of benzene rings is 2. The summed E-state index contributed by atoms with van der Waals surface area (Å²) >= 11 is 1.37. The van der Waals surface area contributed by atoms with Gasteiger partial charge in [0.15, 0.2) is 15.0 Å². The van der Waals surface area contributed by atoms with Gasteiger partial charge in [-0.1, -0.05) is 0 Å². The second kappa shape index (κ2) is 10.1. The smallest absolute Gasteiger partial charge is 0.257 e. The van der Waals surface area contributed by atoms with Gasteiger partial charge in [0.2, 0.25) is 0 Å². The van der Waals surface area contributed by atoms with Crippen LogP contribution in [-0.4, -0.2) is 45.4 Å². The molecule has 8 nitrogen and oxygen atoms in total. The number of hydrogen-bond donors (Lipinski definition) is 1. The number of nitrogens with zero attached hydrogens (tertiary/aromatic N) is 1. The number of anilines is 1. The fourth-order valence-electron chi connectivity index (χ4n) is 2.80. The monoisotopic (exact) mass is 476 g/mol. The maximum atomic E-state index is 12.8. The first-order valence-corrected chi connectivity index (χ1v) is 12.4. The third-order valence-corrected chi connectivity index (χ3v) is 6.17. The van der Waals surface area contributed by atoms with E-state index in [1.807, 2.05) is 13.8 Å². The maximum Gasteiger partial charge on any atom is 0.257 e. The van der Waals surface area contributed by atoms with Gasteiger partial charge in [0.25, 0.3) is 5.91 Å². The van der Waals surface area contributed by atoms with E-state index >= 15 is 0 Å². The predicted octanol–water partition coefficient (Wildman–Crippen LogP) is 4.31. The van der Waals surface area contributed by atoms with Crippen molar-refractivity contribution in [2.24, 2.45) is 0 Å². The molecule has 0 aliphatic heterocycles. The molecule has 1 amide bonds. The Kier molecular flexibility index (Phi) is 7.49. The largest absolute Gasteiger partial charge is 0.488 e. The fraction of sp³-hybridized carbons (Fsp3) is 0.273. The average Bonchev–Trinajstić information content (AvgIpc) is 3.12. The Morgan fingerprint density at radius 2 is 1.81 bits per heavy atom. The van der Waals surface area contributed by atoms with Gasteiger partial charge in [0.1, 0.15) is 23.4 Å². The van der Waals surface area contributed by atoms with E-state index in [9.17, 15) is 13.2 Å².